The highest BCUT2D eigenvalue weighted by molar-refractivity contribution is 6.30. The van der Waals surface area contributed by atoms with Crippen LogP contribution in [0, 0.1) is 0 Å². The van der Waals surface area contributed by atoms with Crippen molar-refractivity contribution >= 4 is 28.2 Å². The number of halogens is 1. The van der Waals surface area contributed by atoms with Crippen molar-refractivity contribution in [1.82, 2.24) is 25.2 Å². The van der Waals surface area contributed by atoms with E-state index in [1.165, 1.54) is 0 Å². The zero-order valence-electron chi connectivity index (χ0n) is 16.0. The van der Waals surface area contributed by atoms with Gasteiger partial charge in [-0.15, -0.1) is 5.10 Å². The van der Waals surface area contributed by atoms with Crippen LogP contribution in [0.2, 0.25) is 5.15 Å². The van der Waals surface area contributed by atoms with Crippen LogP contribution >= 0.6 is 11.6 Å². The predicted octanol–water partition coefficient (Wildman–Crippen LogP) is 4.83. The van der Waals surface area contributed by atoms with Crippen LogP contribution in [0.25, 0.3) is 10.9 Å². The Hall–Kier alpha value is -2.99. The third-order valence-electron chi connectivity index (χ3n) is 4.49. The van der Waals surface area contributed by atoms with Crippen molar-refractivity contribution < 1.29 is 0 Å². The number of rotatable bonds is 4. The molecule has 2 heterocycles. The van der Waals surface area contributed by atoms with Gasteiger partial charge < -0.3 is 5.32 Å². The lowest BCUT2D eigenvalue weighted by molar-refractivity contribution is 0.333. The molecule has 6 nitrogen and oxygen atoms in total. The fourth-order valence-electron chi connectivity index (χ4n) is 3.15. The fraction of sp³-hybridized carbons (Fsp3) is 0.238. The minimum Gasteiger partial charge on any atom is -0.371 e. The van der Waals surface area contributed by atoms with E-state index in [2.05, 4.69) is 46.6 Å². The highest BCUT2D eigenvalue weighted by Crippen LogP contribution is 2.33. The second-order valence-electron chi connectivity index (χ2n) is 7.62. The Kier molecular flexibility index (Phi) is 4.73. The molecular weight excluding hydrogens is 372 g/mol. The first-order valence-electron chi connectivity index (χ1n) is 9.09. The molecule has 0 fully saturated rings. The molecular formula is C21H21ClN6. The molecule has 4 rings (SSSR count). The summed E-state index contributed by atoms with van der Waals surface area (Å²) in [5.74, 6) is 0.676. The molecule has 0 amide bonds. The average molecular weight is 393 g/mol. The van der Waals surface area contributed by atoms with E-state index in [0.29, 0.717) is 11.0 Å². The van der Waals surface area contributed by atoms with Crippen molar-refractivity contribution in [3.05, 3.63) is 77.2 Å². The number of para-hydroxylation sites is 2. The van der Waals surface area contributed by atoms with E-state index >= 15 is 0 Å². The van der Waals surface area contributed by atoms with Gasteiger partial charge in [0.05, 0.1) is 11.1 Å². The van der Waals surface area contributed by atoms with Gasteiger partial charge >= 0.3 is 0 Å². The number of aromatic nitrogens is 5. The Bertz CT molecular complexity index is 1100. The SMILES string of the molecule is CC(C)(C)n1nnnc1[C@H](Nc1ccccc1)c1cc2ccccc2nc1Cl. The molecule has 7 heteroatoms. The van der Waals surface area contributed by atoms with E-state index in [1.54, 1.807) is 0 Å². The van der Waals surface area contributed by atoms with Gasteiger partial charge in [-0.1, -0.05) is 48.0 Å². The summed E-state index contributed by atoms with van der Waals surface area (Å²) in [7, 11) is 0. The van der Waals surface area contributed by atoms with E-state index in [0.717, 1.165) is 22.2 Å². The van der Waals surface area contributed by atoms with Gasteiger partial charge in [0, 0.05) is 16.6 Å². The standard InChI is InChI=1S/C21H21ClN6/c1-21(2,3)28-20(25-26-27-28)18(23-15-10-5-4-6-11-15)16-13-14-9-7-8-12-17(14)24-19(16)22/h4-13,18,23H,1-3H3/t18-/m1/s1. The lowest BCUT2D eigenvalue weighted by atomic mass is 10.0. The summed E-state index contributed by atoms with van der Waals surface area (Å²) in [4.78, 5) is 4.59. The van der Waals surface area contributed by atoms with Crippen molar-refractivity contribution in [3.8, 4) is 0 Å². The number of nitrogens with one attached hydrogen (secondary N) is 1. The Labute approximate surface area is 168 Å². The van der Waals surface area contributed by atoms with Gasteiger partial charge in [0.1, 0.15) is 11.2 Å². The monoisotopic (exact) mass is 392 g/mol. The molecule has 0 saturated carbocycles. The summed E-state index contributed by atoms with van der Waals surface area (Å²) in [6, 6.07) is 19.5. The zero-order valence-corrected chi connectivity index (χ0v) is 16.7. The molecule has 0 saturated heterocycles. The van der Waals surface area contributed by atoms with Crippen LogP contribution in [-0.2, 0) is 5.54 Å². The Morgan fingerprint density at radius 1 is 1.00 bits per heavy atom. The number of fused-ring (bicyclic) bond motifs is 1. The molecule has 0 aliphatic carbocycles. The number of hydrogen-bond donors (Lipinski definition) is 1. The lowest BCUT2D eigenvalue weighted by Gasteiger charge is -2.26. The molecule has 0 spiro atoms. The molecule has 1 N–H and O–H groups in total. The third-order valence-corrected chi connectivity index (χ3v) is 4.79. The topological polar surface area (TPSA) is 68.5 Å². The number of benzene rings is 2. The molecule has 28 heavy (non-hydrogen) atoms. The predicted molar refractivity (Wildman–Crippen MR) is 111 cm³/mol. The van der Waals surface area contributed by atoms with E-state index in [-0.39, 0.29) is 11.6 Å². The molecule has 0 unspecified atom stereocenters. The van der Waals surface area contributed by atoms with Gasteiger partial charge in [-0.3, -0.25) is 0 Å². The van der Waals surface area contributed by atoms with E-state index in [4.69, 9.17) is 11.6 Å². The largest absolute Gasteiger partial charge is 0.371 e. The summed E-state index contributed by atoms with van der Waals surface area (Å²) in [6.07, 6.45) is 0. The maximum atomic E-state index is 6.62. The van der Waals surface area contributed by atoms with Crippen LogP contribution in [0.3, 0.4) is 0 Å². The van der Waals surface area contributed by atoms with Gasteiger partial charge in [-0.05, 0) is 55.5 Å². The van der Waals surface area contributed by atoms with Gasteiger partial charge in [-0.2, -0.15) is 0 Å². The van der Waals surface area contributed by atoms with E-state index < -0.39 is 0 Å². The Balaban J connectivity index is 1.89. The molecule has 2 aromatic carbocycles. The lowest BCUT2D eigenvalue weighted by Crippen LogP contribution is -2.29. The zero-order chi connectivity index (χ0) is 19.7. The van der Waals surface area contributed by atoms with Gasteiger partial charge in [0.25, 0.3) is 0 Å². The fourth-order valence-corrected chi connectivity index (χ4v) is 3.40. The molecule has 1 atom stereocenters. The highest BCUT2D eigenvalue weighted by atomic mass is 35.5. The van der Waals surface area contributed by atoms with Crippen LogP contribution in [0.5, 0.6) is 0 Å². The molecule has 0 aliphatic rings. The second kappa shape index (κ2) is 7.20. The molecule has 0 radical (unpaired) electrons. The first kappa shape index (κ1) is 18.4. The van der Waals surface area contributed by atoms with Crippen molar-refractivity contribution in [1.29, 1.82) is 0 Å². The molecule has 4 aromatic rings. The number of hydrogen-bond acceptors (Lipinski definition) is 5. The highest BCUT2D eigenvalue weighted by Gasteiger charge is 2.29. The van der Waals surface area contributed by atoms with Gasteiger partial charge in [-0.25, -0.2) is 9.67 Å². The van der Waals surface area contributed by atoms with Crippen molar-refractivity contribution in [2.24, 2.45) is 0 Å². The van der Waals surface area contributed by atoms with Crippen molar-refractivity contribution in [2.45, 2.75) is 32.4 Å². The molecule has 0 aliphatic heterocycles. The van der Waals surface area contributed by atoms with E-state index in [1.807, 2.05) is 65.3 Å². The second-order valence-corrected chi connectivity index (χ2v) is 7.98. The minimum atomic E-state index is -0.360. The number of nitrogens with zero attached hydrogens (tertiary/aromatic N) is 5. The van der Waals surface area contributed by atoms with Gasteiger partial charge in [0.2, 0.25) is 0 Å². The Morgan fingerprint density at radius 3 is 2.46 bits per heavy atom. The molecule has 0 bridgehead atoms. The third kappa shape index (κ3) is 3.55. The number of anilines is 1. The van der Waals surface area contributed by atoms with Crippen LogP contribution < -0.4 is 5.32 Å². The quantitative estimate of drug-likeness (QED) is 0.504. The smallest absolute Gasteiger partial charge is 0.178 e. The van der Waals surface area contributed by atoms with Crippen LogP contribution in [0.1, 0.15) is 38.2 Å². The van der Waals surface area contributed by atoms with Crippen LogP contribution in [0.15, 0.2) is 60.7 Å². The van der Waals surface area contributed by atoms with Crippen molar-refractivity contribution in [3.63, 3.8) is 0 Å². The summed E-state index contributed by atoms with van der Waals surface area (Å²) < 4.78 is 1.82. The summed E-state index contributed by atoms with van der Waals surface area (Å²) in [5.41, 5.74) is 2.33. The van der Waals surface area contributed by atoms with Crippen LogP contribution in [0.4, 0.5) is 5.69 Å². The summed E-state index contributed by atoms with van der Waals surface area (Å²) in [5, 5.41) is 17.4. The van der Waals surface area contributed by atoms with Crippen LogP contribution in [-0.4, -0.2) is 25.2 Å². The van der Waals surface area contributed by atoms with Gasteiger partial charge in [0.15, 0.2) is 5.82 Å². The summed E-state index contributed by atoms with van der Waals surface area (Å²) in [6.45, 7) is 6.19. The maximum Gasteiger partial charge on any atom is 0.178 e. The average Bonchev–Trinajstić information content (AvgIpc) is 3.17. The van der Waals surface area contributed by atoms with Crippen molar-refractivity contribution in [2.75, 3.05) is 5.32 Å². The van der Waals surface area contributed by atoms with E-state index in [9.17, 15) is 0 Å². The first-order valence-corrected chi connectivity index (χ1v) is 9.47. The number of pyridine rings is 1. The summed E-state index contributed by atoms with van der Waals surface area (Å²) >= 11 is 6.62. The number of tetrazole rings is 1. The minimum absolute atomic E-state index is 0.286. The normalized spacial score (nSPS) is 12.9. The maximum absolute atomic E-state index is 6.62. The Morgan fingerprint density at radius 2 is 1.71 bits per heavy atom. The first-order chi connectivity index (χ1) is 13.4. The molecule has 2 aromatic heterocycles. The molecule has 142 valence electrons.